The van der Waals surface area contributed by atoms with Gasteiger partial charge in [0.2, 0.25) is 0 Å². The van der Waals surface area contributed by atoms with Gasteiger partial charge < -0.3 is 50.4 Å². The Morgan fingerprint density at radius 2 is 1.37 bits per heavy atom. The van der Waals surface area contributed by atoms with Crippen molar-refractivity contribution in [2.45, 2.75) is 38.6 Å². The number of hydrogen-bond acceptors (Lipinski definition) is 13. The van der Waals surface area contributed by atoms with Gasteiger partial charge in [0.05, 0.1) is 58.5 Å². The van der Waals surface area contributed by atoms with Crippen molar-refractivity contribution in [3.05, 3.63) is 94.6 Å². The fraction of sp³-hybridized carbons (Fsp3) is 0.537. The topological polar surface area (TPSA) is 236 Å². The number of amides is 1. The van der Waals surface area contributed by atoms with Crippen LogP contribution in [0.4, 0.5) is 0 Å². The van der Waals surface area contributed by atoms with Gasteiger partial charge in [0.1, 0.15) is 11.4 Å². The highest BCUT2D eigenvalue weighted by molar-refractivity contribution is 5.94. The fourth-order valence-corrected chi connectivity index (χ4v) is 6.59. The molecule has 16 heteroatoms. The van der Waals surface area contributed by atoms with E-state index in [1.165, 1.54) is 12.1 Å². The Bertz CT molecular complexity index is 1610. The highest BCUT2D eigenvalue weighted by Crippen LogP contribution is 2.40. The number of carbonyl (C=O) groups is 3. The molecule has 3 unspecified atom stereocenters. The number of aliphatic hydroxyl groups is 2. The molecule has 7 N–H and O–H groups in total. The molecule has 0 aliphatic carbocycles. The number of carboxylic acids is 2. The number of benzene rings is 1. The predicted molar refractivity (Wildman–Crippen MR) is 211 cm³/mol. The lowest BCUT2D eigenvalue weighted by atomic mass is 9.72. The fourth-order valence-electron chi connectivity index (χ4n) is 6.59. The molecular formula is C41H59N5O11. The van der Waals surface area contributed by atoms with Gasteiger partial charge >= 0.3 is 11.9 Å². The summed E-state index contributed by atoms with van der Waals surface area (Å²) in [4.78, 5) is 46.7. The molecule has 1 amide bonds. The van der Waals surface area contributed by atoms with Gasteiger partial charge in [-0.1, -0.05) is 37.6 Å². The summed E-state index contributed by atoms with van der Waals surface area (Å²) in [6.45, 7) is 7.11. The highest BCUT2D eigenvalue weighted by Gasteiger charge is 2.32. The number of rotatable bonds is 31. The number of aromatic nitrogens is 2. The van der Waals surface area contributed by atoms with E-state index in [-0.39, 0.29) is 48.3 Å². The van der Waals surface area contributed by atoms with Gasteiger partial charge in [-0.05, 0) is 66.6 Å². The van der Waals surface area contributed by atoms with Crippen molar-refractivity contribution < 1.29 is 53.8 Å². The third-order valence-electron chi connectivity index (χ3n) is 9.41. The first-order chi connectivity index (χ1) is 27.7. The average molecular weight is 798 g/mol. The third-order valence-corrected chi connectivity index (χ3v) is 9.41. The second kappa shape index (κ2) is 27.3. The standard InChI is InChI=1S/C41H59N5O11/c1-2-30(14-21-54-25-28-57-24-18-46(17-20-48)29-33-5-3-7-36(44-33)40(50)51)34(13-19-47)38(35-6-4-8-37(45-35)41(52)53)31-9-11-32(12-10-31)39(49)43-16-23-56-27-26-55-22-15-42/h3-12,30,34,38,47-48H,2,13-29,42H2,1H3,(H,43,49)(H,50,51)(H,52,53). The Kier molecular flexibility index (Phi) is 22.5. The van der Waals surface area contributed by atoms with Crippen molar-refractivity contribution in [1.29, 1.82) is 0 Å². The smallest absolute Gasteiger partial charge is 0.354 e. The van der Waals surface area contributed by atoms with Crippen LogP contribution in [-0.4, -0.2) is 145 Å². The summed E-state index contributed by atoms with van der Waals surface area (Å²) in [6, 6.07) is 16.9. The quantitative estimate of drug-likeness (QED) is 0.0514. The molecule has 3 atom stereocenters. The summed E-state index contributed by atoms with van der Waals surface area (Å²) in [6.07, 6.45) is 1.88. The first kappa shape index (κ1) is 47.0. The summed E-state index contributed by atoms with van der Waals surface area (Å²) in [7, 11) is 0. The minimum Gasteiger partial charge on any atom is -0.477 e. The Morgan fingerprint density at radius 3 is 2.00 bits per heavy atom. The van der Waals surface area contributed by atoms with E-state index in [4.69, 9.17) is 24.7 Å². The molecule has 3 aromatic rings. The number of nitrogens with one attached hydrogen (secondary N) is 1. The molecule has 0 bridgehead atoms. The van der Waals surface area contributed by atoms with Crippen LogP contribution in [0.15, 0.2) is 60.7 Å². The first-order valence-electron chi connectivity index (χ1n) is 19.4. The summed E-state index contributed by atoms with van der Waals surface area (Å²) in [5, 5.41) is 41.6. The first-order valence-corrected chi connectivity index (χ1v) is 19.4. The number of ether oxygens (including phenoxy) is 4. The molecule has 0 saturated heterocycles. The van der Waals surface area contributed by atoms with Gasteiger partial charge in [0, 0.05) is 63.1 Å². The lowest BCUT2D eigenvalue weighted by Gasteiger charge is -2.34. The Balaban J connectivity index is 1.59. The molecule has 314 valence electrons. The Hall–Kier alpha value is -4.39. The highest BCUT2D eigenvalue weighted by atomic mass is 16.5. The maximum Gasteiger partial charge on any atom is 0.354 e. The largest absolute Gasteiger partial charge is 0.477 e. The summed E-state index contributed by atoms with van der Waals surface area (Å²) < 4.78 is 22.5. The number of pyridine rings is 2. The molecule has 3 rings (SSSR count). The lowest BCUT2D eigenvalue weighted by Crippen LogP contribution is -2.31. The van der Waals surface area contributed by atoms with Gasteiger partial charge in [0.25, 0.3) is 5.91 Å². The summed E-state index contributed by atoms with van der Waals surface area (Å²) in [5.41, 5.74) is 7.73. The molecule has 0 aliphatic rings. The third kappa shape index (κ3) is 16.9. The second-order valence-electron chi connectivity index (χ2n) is 13.3. The Labute approximate surface area is 334 Å². The molecule has 1 aromatic carbocycles. The summed E-state index contributed by atoms with van der Waals surface area (Å²) >= 11 is 0. The molecule has 0 spiro atoms. The zero-order chi connectivity index (χ0) is 41.3. The average Bonchev–Trinajstić information content (AvgIpc) is 3.21. The number of aliphatic hydroxyl groups excluding tert-OH is 2. The van der Waals surface area contributed by atoms with Crippen LogP contribution < -0.4 is 11.1 Å². The number of hydrogen-bond donors (Lipinski definition) is 6. The van der Waals surface area contributed by atoms with E-state index < -0.39 is 11.9 Å². The van der Waals surface area contributed by atoms with Gasteiger partial charge in [-0.2, -0.15) is 0 Å². The van der Waals surface area contributed by atoms with E-state index in [9.17, 15) is 34.8 Å². The van der Waals surface area contributed by atoms with Crippen molar-refractivity contribution in [2.24, 2.45) is 17.6 Å². The molecule has 0 radical (unpaired) electrons. The minimum absolute atomic E-state index is 0.0344. The number of nitrogens with zero attached hydrogens (tertiary/aromatic N) is 3. The van der Waals surface area contributed by atoms with Crippen molar-refractivity contribution in [1.82, 2.24) is 20.2 Å². The lowest BCUT2D eigenvalue weighted by molar-refractivity contribution is 0.0284. The molecule has 0 aliphatic heterocycles. The van der Waals surface area contributed by atoms with E-state index >= 15 is 0 Å². The minimum atomic E-state index is -1.14. The normalized spacial score (nSPS) is 13.0. The number of nitrogens with two attached hydrogens (primary N) is 1. The van der Waals surface area contributed by atoms with E-state index in [2.05, 4.69) is 22.2 Å². The second-order valence-corrected chi connectivity index (χ2v) is 13.3. The van der Waals surface area contributed by atoms with Gasteiger partial charge in [-0.25, -0.2) is 19.6 Å². The predicted octanol–water partition coefficient (Wildman–Crippen LogP) is 2.67. The number of carbonyl (C=O) groups excluding carboxylic acids is 1. The van der Waals surface area contributed by atoms with E-state index in [1.807, 2.05) is 17.0 Å². The Morgan fingerprint density at radius 1 is 0.737 bits per heavy atom. The van der Waals surface area contributed by atoms with Crippen LogP contribution in [0.1, 0.15) is 80.4 Å². The molecule has 0 fully saturated rings. The zero-order valence-corrected chi connectivity index (χ0v) is 32.8. The number of aromatic carboxylic acids is 2. The summed E-state index contributed by atoms with van der Waals surface area (Å²) in [5.74, 6) is -2.93. The maximum atomic E-state index is 12.9. The van der Waals surface area contributed by atoms with Crippen LogP contribution in [0, 0.1) is 11.8 Å². The van der Waals surface area contributed by atoms with Crippen LogP contribution in [0.25, 0.3) is 0 Å². The van der Waals surface area contributed by atoms with Crippen LogP contribution in [0.3, 0.4) is 0 Å². The van der Waals surface area contributed by atoms with Crippen LogP contribution in [0.5, 0.6) is 0 Å². The van der Waals surface area contributed by atoms with Crippen LogP contribution in [0.2, 0.25) is 0 Å². The maximum absolute atomic E-state index is 12.9. The molecular weight excluding hydrogens is 738 g/mol. The van der Waals surface area contributed by atoms with Crippen molar-refractivity contribution >= 4 is 17.8 Å². The molecule has 2 aromatic heterocycles. The van der Waals surface area contributed by atoms with Gasteiger partial charge in [0.15, 0.2) is 0 Å². The number of carboxylic acid groups (broad SMARTS) is 2. The molecule has 0 saturated carbocycles. The van der Waals surface area contributed by atoms with E-state index in [1.54, 1.807) is 36.4 Å². The van der Waals surface area contributed by atoms with Crippen LogP contribution >= 0.6 is 0 Å². The van der Waals surface area contributed by atoms with E-state index in [0.29, 0.717) is 115 Å². The van der Waals surface area contributed by atoms with Crippen molar-refractivity contribution in [3.63, 3.8) is 0 Å². The van der Waals surface area contributed by atoms with E-state index in [0.717, 1.165) is 12.0 Å². The monoisotopic (exact) mass is 797 g/mol. The van der Waals surface area contributed by atoms with Crippen molar-refractivity contribution in [3.8, 4) is 0 Å². The zero-order valence-electron chi connectivity index (χ0n) is 32.8. The molecule has 2 heterocycles. The van der Waals surface area contributed by atoms with Crippen molar-refractivity contribution in [2.75, 3.05) is 92.2 Å². The SMILES string of the molecule is CCC(CCOCCOCCN(CCO)Cc1cccc(C(=O)O)n1)C(CCO)C(c1ccc(C(=O)NCCOCCOCCN)cc1)c1cccc(C(=O)O)n1. The molecule has 16 nitrogen and oxygen atoms in total. The van der Waals surface area contributed by atoms with Gasteiger partial charge in [-0.3, -0.25) is 9.69 Å². The van der Waals surface area contributed by atoms with Crippen LogP contribution in [-0.2, 0) is 25.5 Å². The molecule has 57 heavy (non-hydrogen) atoms. The van der Waals surface area contributed by atoms with Gasteiger partial charge in [-0.15, -0.1) is 0 Å².